The molecular formula is C17H21NO2. The highest BCUT2D eigenvalue weighted by molar-refractivity contribution is 5.31. The van der Waals surface area contributed by atoms with Crippen molar-refractivity contribution in [1.82, 2.24) is 5.32 Å². The fourth-order valence-electron chi connectivity index (χ4n) is 2.40. The standard InChI is InChI=1S/C17H21NO2/c1-18-17(10-9-14-6-3-11-19-14)13-4-2-5-16(12-13)20-15-7-8-15/h2-6,11-12,15,17-18H,7-10H2,1H3. The van der Waals surface area contributed by atoms with Crippen LogP contribution in [0, 0.1) is 0 Å². The molecule has 0 radical (unpaired) electrons. The highest BCUT2D eigenvalue weighted by Gasteiger charge is 2.23. The van der Waals surface area contributed by atoms with E-state index in [9.17, 15) is 0 Å². The molecule has 0 aliphatic heterocycles. The van der Waals surface area contributed by atoms with Crippen molar-refractivity contribution in [3.63, 3.8) is 0 Å². The molecule has 1 atom stereocenters. The van der Waals surface area contributed by atoms with E-state index in [1.165, 1.54) is 18.4 Å². The van der Waals surface area contributed by atoms with E-state index in [-0.39, 0.29) is 0 Å². The van der Waals surface area contributed by atoms with E-state index in [1.807, 2.05) is 25.2 Å². The van der Waals surface area contributed by atoms with Gasteiger partial charge in [0, 0.05) is 12.5 Å². The van der Waals surface area contributed by atoms with Crippen molar-refractivity contribution in [3.8, 4) is 5.75 Å². The van der Waals surface area contributed by atoms with Gasteiger partial charge in [-0.3, -0.25) is 0 Å². The van der Waals surface area contributed by atoms with Gasteiger partial charge in [0.25, 0.3) is 0 Å². The maximum Gasteiger partial charge on any atom is 0.120 e. The molecule has 1 saturated carbocycles. The van der Waals surface area contributed by atoms with Crippen LogP contribution in [0.1, 0.15) is 36.6 Å². The summed E-state index contributed by atoms with van der Waals surface area (Å²) in [6, 6.07) is 12.7. The van der Waals surface area contributed by atoms with Crippen LogP contribution in [0.3, 0.4) is 0 Å². The topological polar surface area (TPSA) is 34.4 Å². The summed E-state index contributed by atoms with van der Waals surface area (Å²) < 4.78 is 11.3. The number of rotatable bonds is 7. The van der Waals surface area contributed by atoms with Crippen LogP contribution >= 0.6 is 0 Å². The summed E-state index contributed by atoms with van der Waals surface area (Å²) in [6.07, 6.45) is 6.51. The van der Waals surface area contributed by atoms with Crippen molar-refractivity contribution in [3.05, 3.63) is 54.0 Å². The summed E-state index contributed by atoms with van der Waals surface area (Å²) in [5.41, 5.74) is 1.28. The summed E-state index contributed by atoms with van der Waals surface area (Å²) in [7, 11) is 2.00. The Labute approximate surface area is 119 Å². The molecule has 0 saturated heterocycles. The minimum atomic E-state index is 0.322. The molecule has 3 nitrogen and oxygen atoms in total. The predicted octanol–water partition coefficient (Wildman–Crippen LogP) is 3.71. The lowest BCUT2D eigenvalue weighted by Gasteiger charge is -2.17. The number of hydrogen-bond donors (Lipinski definition) is 1. The Morgan fingerprint density at radius 2 is 2.20 bits per heavy atom. The molecule has 106 valence electrons. The Hall–Kier alpha value is -1.74. The highest BCUT2D eigenvalue weighted by atomic mass is 16.5. The molecule has 2 aromatic rings. The molecule has 1 heterocycles. The number of hydrogen-bond acceptors (Lipinski definition) is 3. The normalized spacial score (nSPS) is 16.1. The SMILES string of the molecule is CNC(CCc1ccco1)c1cccc(OC2CC2)c1. The molecule has 0 bridgehead atoms. The van der Waals surface area contributed by atoms with E-state index < -0.39 is 0 Å². The Bertz CT molecular complexity index is 532. The molecule has 1 fully saturated rings. The van der Waals surface area contributed by atoms with Crippen molar-refractivity contribution < 1.29 is 9.15 Å². The molecule has 0 amide bonds. The Balaban J connectivity index is 1.64. The average Bonchev–Trinajstić information content (AvgIpc) is 3.13. The second-order valence-electron chi connectivity index (χ2n) is 5.35. The number of ether oxygens (including phenoxy) is 1. The van der Waals surface area contributed by atoms with Gasteiger partial charge in [0.1, 0.15) is 11.5 Å². The minimum Gasteiger partial charge on any atom is -0.490 e. The maximum atomic E-state index is 5.86. The van der Waals surface area contributed by atoms with Gasteiger partial charge in [-0.2, -0.15) is 0 Å². The Kier molecular flexibility index (Phi) is 4.07. The van der Waals surface area contributed by atoms with Crippen LogP contribution in [0.25, 0.3) is 0 Å². The van der Waals surface area contributed by atoms with Gasteiger partial charge in [0.15, 0.2) is 0 Å². The van der Waals surface area contributed by atoms with Gasteiger partial charge in [-0.25, -0.2) is 0 Å². The monoisotopic (exact) mass is 271 g/mol. The molecule has 0 spiro atoms. The summed E-state index contributed by atoms with van der Waals surface area (Å²) >= 11 is 0. The van der Waals surface area contributed by atoms with Crippen LogP contribution in [-0.4, -0.2) is 13.2 Å². The molecule has 1 aliphatic rings. The summed E-state index contributed by atoms with van der Waals surface area (Å²) in [4.78, 5) is 0. The summed E-state index contributed by atoms with van der Waals surface area (Å²) in [6.45, 7) is 0. The van der Waals surface area contributed by atoms with Crippen LogP contribution in [0.5, 0.6) is 5.75 Å². The third kappa shape index (κ3) is 3.42. The first-order valence-corrected chi connectivity index (χ1v) is 7.31. The molecule has 1 aromatic carbocycles. The van der Waals surface area contributed by atoms with Gasteiger partial charge in [0.05, 0.1) is 12.4 Å². The number of nitrogens with one attached hydrogen (secondary N) is 1. The molecule has 1 aromatic heterocycles. The van der Waals surface area contributed by atoms with Crippen molar-refractivity contribution >= 4 is 0 Å². The van der Waals surface area contributed by atoms with Gasteiger partial charge < -0.3 is 14.5 Å². The zero-order valence-electron chi connectivity index (χ0n) is 11.8. The lowest BCUT2D eigenvalue weighted by atomic mass is 10.0. The lowest BCUT2D eigenvalue weighted by Crippen LogP contribution is -2.17. The smallest absolute Gasteiger partial charge is 0.120 e. The van der Waals surface area contributed by atoms with Gasteiger partial charge in [-0.15, -0.1) is 0 Å². The molecule has 20 heavy (non-hydrogen) atoms. The highest BCUT2D eigenvalue weighted by Crippen LogP contribution is 2.29. The van der Waals surface area contributed by atoms with Crippen LogP contribution < -0.4 is 10.1 Å². The fourth-order valence-corrected chi connectivity index (χ4v) is 2.40. The molecule has 3 heteroatoms. The van der Waals surface area contributed by atoms with E-state index in [1.54, 1.807) is 6.26 Å². The summed E-state index contributed by atoms with van der Waals surface area (Å²) in [5, 5.41) is 3.38. The van der Waals surface area contributed by atoms with Crippen molar-refractivity contribution in [2.75, 3.05) is 7.05 Å². The third-order valence-corrected chi connectivity index (χ3v) is 3.70. The molecular weight excluding hydrogens is 250 g/mol. The van der Waals surface area contributed by atoms with Gasteiger partial charge in [0.2, 0.25) is 0 Å². The van der Waals surface area contributed by atoms with E-state index in [0.29, 0.717) is 12.1 Å². The van der Waals surface area contributed by atoms with E-state index in [4.69, 9.17) is 9.15 Å². The number of furan rings is 1. The van der Waals surface area contributed by atoms with Gasteiger partial charge in [-0.05, 0) is 56.1 Å². The van der Waals surface area contributed by atoms with E-state index >= 15 is 0 Å². The number of benzene rings is 1. The molecule has 1 unspecified atom stereocenters. The van der Waals surface area contributed by atoms with Gasteiger partial charge >= 0.3 is 0 Å². The van der Waals surface area contributed by atoms with Crippen LogP contribution in [-0.2, 0) is 6.42 Å². The van der Waals surface area contributed by atoms with Crippen molar-refractivity contribution in [2.24, 2.45) is 0 Å². The van der Waals surface area contributed by atoms with E-state index in [2.05, 4.69) is 23.5 Å². The fraction of sp³-hybridized carbons (Fsp3) is 0.412. The van der Waals surface area contributed by atoms with Crippen molar-refractivity contribution in [2.45, 2.75) is 37.8 Å². The van der Waals surface area contributed by atoms with Gasteiger partial charge in [-0.1, -0.05) is 12.1 Å². The third-order valence-electron chi connectivity index (χ3n) is 3.70. The predicted molar refractivity (Wildman–Crippen MR) is 78.9 cm³/mol. The zero-order valence-corrected chi connectivity index (χ0v) is 11.8. The Morgan fingerprint density at radius 1 is 1.30 bits per heavy atom. The Morgan fingerprint density at radius 3 is 2.90 bits per heavy atom. The maximum absolute atomic E-state index is 5.86. The first kappa shape index (κ1) is 13.3. The van der Waals surface area contributed by atoms with Crippen LogP contribution in [0.4, 0.5) is 0 Å². The molecule has 3 rings (SSSR count). The molecule has 1 aliphatic carbocycles. The number of aryl methyl sites for hydroxylation is 1. The first-order valence-electron chi connectivity index (χ1n) is 7.31. The van der Waals surface area contributed by atoms with Crippen LogP contribution in [0.2, 0.25) is 0 Å². The lowest BCUT2D eigenvalue weighted by molar-refractivity contribution is 0.302. The average molecular weight is 271 g/mol. The molecule has 1 N–H and O–H groups in total. The van der Waals surface area contributed by atoms with Crippen molar-refractivity contribution in [1.29, 1.82) is 0 Å². The van der Waals surface area contributed by atoms with E-state index in [0.717, 1.165) is 24.4 Å². The second-order valence-corrected chi connectivity index (χ2v) is 5.35. The second kappa shape index (κ2) is 6.14. The van der Waals surface area contributed by atoms with Crippen LogP contribution in [0.15, 0.2) is 47.1 Å². The first-order chi connectivity index (χ1) is 9.85. The zero-order chi connectivity index (χ0) is 13.8. The summed E-state index contributed by atoms with van der Waals surface area (Å²) in [5.74, 6) is 2.03. The quantitative estimate of drug-likeness (QED) is 0.833. The largest absolute Gasteiger partial charge is 0.490 e. The minimum absolute atomic E-state index is 0.322.